The zero-order valence-corrected chi connectivity index (χ0v) is 44.8. The molecule has 2 aliphatic heterocycles. The van der Waals surface area contributed by atoms with Crippen molar-refractivity contribution >= 4 is 69.4 Å². The van der Waals surface area contributed by atoms with E-state index >= 15 is 0 Å². The van der Waals surface area contributed by atoms with Crippen molar-refractivity contribution in [3.05, 3.63) is 42.9 Å². The second-order valence-electron chi connectivity index (χ2n) is 14.5. The third-order valence-electron chi connectivity index (χ3n) is 9.33. The summed E-state index contributed by atoms with van der Waals surface area (Å²) in [7, 11) is -4.92. The maximum atomic E-state index is 13.0. The second kappa shape index (κ2) is 38.0. The zero-order chi connectivity index (χ0) is 50.7. The monoisotopic (exact) mass is 1060 g/mol. The van der Waals surface area contributed by atoms with E-state index < -0.39 is 90.8 Å². The first kappa shape index (κ1) is 69.4. The van der Waals surface area contributed by atoms with Crippen LogP contribution < -0.4 is 79.8 Å². The first-order chi connectivity index (χ1) is 31.6. The topological polar surface area (TPSA) is 412 Å². The van der Waals surface area contributed by atoms with Crippen molar-refractivity contribution in [2.24, 2.45) is 11.8 Å². The molecule has 11 N–H and O–H groups in total. The van der Waals surface area contributed by atoms with Crippen LogP contribution in [0.1, 0.15) is 32.3 Å². The molecule has 25 nitrogen and oxygen atoms in total. The van der Waals surface area contributed by atoms with Crippen LogP contribution >= 0.6 is 23.5 Å². The molecule has 1 aromatic rings. The number of ether oxygens (including phenoxy) is 4. The molecule has 9 unspecified atom stereocenters. The Morgan fingerprint density at radius 2 is 1.42 bits per heavy atom. The minimum absolute atomic E-state index is 0. The number of hydrogen-bond acceptors (Lipinski definition) is 23. The molecule has 1 aromatic carbocycles. The third kappa shape index (κ3) is 30.2. The summed E-state index contributed by atoms with van der Waals surface area (Å²) in [6, 6.07) is 6.67. The number of nitrogens with one attached hydrogen (secondary N) is 3. The maximum Gasteiger partial charge on any atom is 1.00 e. The number of Topliss-reactive ketones (excluding diaryl/α,β-unsaturated/α-hetero) is 2. The fourth-order valence-corrected chi connectivity index (χ4v) is 7.29. The number of carbonyl (C=O) groups is 5. The third-order valence-corrected chi connectivity index (χ3v) is 11.4. The van der Waals surface area contributed by atoms with Gasteiger partial charge in [-0.25, -0.2) is 15.0 Å². The van der Waals surface area contributed by atoms with Gasteiger partial charge in [-0.15, -0.1) is 23.5 Å². The van der Waals surface area contributed by atoms with Crippen LogP contribution in [-0.4, -0.2) is 200 Å². The Morgan fingerprint density at radius 1 is 0.884 bits per heavy atom. The maximum absolute atomic E-state index is 13.0. The summed E-state index contributed by atoms with van der Waals surface area (Å²) in [5, 5.41) is 77.3. The van der Waals surface area contributed by atoms with E-state index in [4.69, 9.17) is 51.2 Å². The van der Waals surface area contributed by atoms with Crippen LogP contribution in [0, 0.1) is 24.9 Å². The Hall–Kier alpha value is -1.68. The molecular weight excluding hydrogens is 1000 g/mol. The summed E-state index contributed by atoms with van der Waals surface area (Å²) < 4.78 is 54.9. The SMILES string of the molecule is CC[C@@H](CNC(=O)CSCC(=O)NCCc1ccc(OC2OC(CO)C(O)C(OC3O[CH-]C(O)[CH-]C3O)C2O)cc1)C(=O)C[C@@H](CNC(=O)CSCC(O)CO)C(C)=O.O=C=O.O=S(=O)([O-])O.[Na+].[Na+]. The molecule has 69 heavy (non-hydrogen) atoms. The summed E-state index contributed by atoms with van der Waals surface area (Å²) in [6.07, 6.45) is -9.67. The smallest absolute Gasteiger partial charge is 0.726 e. The second-order valence-corrected chi connectivity index (χ2v) is 17.4. The normalized spacial score (nSPS) is 23.1. The molecule has 11 atom stereocenters. The van der Waals surface area contributed by atoms with Crippen LogP contribution in [0.3, 0.4) is 0 Å². The van der Waals surface area contributed by atoms with Crippen LogP contribution in [0.2, 0.25) is 0 Å². The molecule has 30 heteroatoms. The molecule has 0 saturated carbocycles. The number of aliphatic hydroxyl groups is 7. The largest absolute Gasteiger partial charge is 1.00 e. The molecule has 0 aromatic heterocycles. The Bertz CT molecular complexity index is 1810. The summed E-state index contributed by atoms with van der Waals surface area (Å²) in [6.45, 7) is 3.44. The minimum atomic E-state index is -4.92. The fourth-order valence-electron chi connectivity index (χ4n) is 5.83. The average Bonchev–Trinajstić information content (AvgIpc) is 3.25. The predicted octanol–water partition coefficient (Wildman–Crippen LogP) is -10.3. The standard InChI is InChI=1S/C38H57N3O16S2.CO2.2Na.H2O4S/c1-3-23(28(47)10-24(21(2)44)13-41-32(50)19-58-17-26(46)14-42)12-40-33(51)20-59-18-31(49)39-9-8-22-4-6-27(7-5-22)55-38-35(53)36(34(52)30(15-43)56-38)57-37-29(48)11-25(45)16-54-37;2-1-3;;;1-5(2,3)4/h4-7,11,16,23-26,29-30,34-38,42-43,45-46,48,52-53H,3,8-10,12-15,17-20H2,1-2H3,(H,39,49)(H,40,51)(H,41,50);;;;(H2,1,2,3,4)/q-2;;2*+1;/p-1/t23-,24-,25?,26?,29?,30?,34?,35?,36?,37?,38?;;;;/m0..../s1. The van der Waals surface area contributed by atoms with Gasteiger partial charge in [-0.2, -0.15) is 15.7 Å². The first-order valence-electron chi connectivity index (χ1n) is 20.3. The number of rotatable bonds is 26. The van der Waals surface area contributed by atoms with Crippen molar-refractivity contribution in [1.29, 1.82) is 0 Å². The number of hydrogen-bond donors (Lipinski definition) is 11. The Kier molecular flexibility index (Phi) is 38.2. The van der Waals surface area contributed by atoms with Gasteiger partial charge in [0.1, 0.15) is 48.0 Å². The van der Waals surface area contributed by atoms with Gasteiger partial charge in [-0.05, 0) is 43.6 Å². The summed E-state index contributed by atoms with van der Waals surface area (Å²) in [5.41, 5.74) is 0.836. The van der Waals surface area contributed by atoms with Gasteiger partial charge in [0.15, 0.2) is 0 Å². The van der Waals surface area contributed by atoms with Crippen LogP contribution in [0.15, 0.2) is 24.3 Å². The molecule has 2 heterocycles. The molecule has 0 radical (unpaired) electrons. The molecule has 3 rings (SSSR count). The van der Waals surface area contributed by atoms with E-state index in [2.05, 4.69) is 16.0 Å². The summed E-state index contributed by atoms with van der Waals surface area (Å²) >= 11 is 2.23. The van der Waals surface area contributed by atoms with E-state index in [0.29, 0.717) is 19.4 Å². The van der Waals surface area contributed by atoms with Crippen molar-refractivity contribution in [2.75, 3.05) is 55.9 Å². The molecule has 2 fully saturated rings. The molecule has 3 amide bonds. The van der Waals surface area contributed by atoms with E-state index in [1.165, 1.54) is 6.92 Å². The minimum Gasteiger partial charge on any atom is -0.726 e. The molecule has 0 bridgehead atoms. The van der Waals surface area contributed by atoms with Gasteiger partial charge >= 0.3 is 65.3 Å². The van der Waals surface area contributed by atoms with Crippen molar-refractivity contribution in [2.45, 2.75) is 88.4 Å². The van der Waals surface area contributed by atoms with Gasteiger partial charge in [-0.3, -0.25) is 34.9 Å². The molecule has 382 valence electrons. The molecule has 0 spiro atoms. The van der Waals surface area contributed by atoms with Crippen molar-refractivity contribution < 1.29 is 165 Å². The van der Waals surface area contributed by atoms with Gasteiger partial charge < -0.3 is 75.2 Å². The van der Waals surface area contributed by atoms with E-state index in [-0.39, 0.29) is 143 Å². The number of ketones is 2. The predicted molar refractivity (Wildman–Crippen MR) is 231 cm³/mol. The zero-order valence-electron chi connectivity index (χ0n) is 38.3. The van der Waals surface area contributed by atoms with Gasteiger partial charge in [0, 0.05) is 43.6 Å². The van der Waals surface area contributed by atoms with Crippen LogP contribution in [-0.2, 0) is 64.6 Å². The summed E-state index contributed by atoms with van der Waals surface area (Å²) in [4.78, 5) is 78.4. The van der Waals surface area contributed by atoms with Gasteiger partial charge in [0.05, 0.1) is 36.6 Å². The van der Waals surface area contributed by atoms with Crippen molar-refractivity contribution in [3.8, 4) is 5.75 Å². The number of amides is 3. The number of carbonyl (C=O) groups excluding carboxylic acids is 7. The Morgan fingerprint density at radius 3 is 1.93 bits per heavy atom. The van der Waals surface area contributed by atoms with Crippen LogP contribution in [0.4, 0.5) is 0 Å². The van der Waals surface area contributed by atoms with Gasteiger partial charge in [0.2, 0.25) is 34.4 Å². The Labute approximate surface area is 451 Å². The van der Waals surface area contributed by atoms with Gasteiger partial charge in [-0.1, -0.05) is 19.1 Å². The van der Waals surface area contributed by atoms with Crippen LogP contribution in [0.5, 0.6) is 5.75 Å². The molecule has 2 aliphatic rings. The average molecular weight is 1060 g/mol. The van der Waals surface area contributed by atoms with E-state index in [0.717, 1.165) is 42.1 Å². The molecule has 2 saturated heterocycles. The van der Waals surface area contributed by atoms with Crippen molar-refractivity contribution in [3.63, 3.8) is 0 Å². The van der Waals surface area contributed by atoms with Crippen molar-refractivity contribution in [1.82, 2.24) is 16.0 Å². The number of benzene rings is 1. The van der Waals surface area contributed by atoms with E-state index in [9.17, 15) is 54.6 Å². The van der Waals surface area contributed by atoms with E-state index in [1.807, 2.05) is 0 Å². The summed E-state index contributed by atoms with van der Waals surface area (Å²) in [5.74, 6) is -2.28. The number of aliphatic hydroxyl groups excluding tert-OH is 7. The van der Waals surface area contributed by atoms with Gasteiger partial charge in [0.25, 0.3) is 0 Å². The fraction of sp³-hybridized carbons (Fsp3) is 0.641. The number of thioether (sulfide) groups is 2. The molecule has 0 aliphatic carbocycles. The van der Waals surface area contributed by atoms with Crippen LogP contribution in [0.25, 0.3) is 0 Å². The first-order valence-corrected chi connectivity index (χ1v) is 23.9. The quantitative estimate of drug-likeness (QED) is 0.0178. The molecular formula is C39H58N3Na2O22S3-. The van der Waals surface area contributed by atoms with E-state index in [1.54, 1.807) is 31.2 Å². The Balaban J connectivity index is 0.